The number of hydrogen-bond acceptors (Lipinski definition) is 2. The molecule has 0 spiro atoms. The van der Waals surface area contributed by atoms with E-state index in [-0.39, 0.29) is 7.34 Å². The summed E-state index contributed by atoms with van der Waals surface area (Å²) in [5.41, 5.74) is 5.51. The lowest BCUT2D eigenvalue weighted by Crippen LogP contribution is -2.25. The maximum Gasteiger partial charge on any atom is 0.0471 e. The third-order valence-corrected chi connectivity index (χ3v) is 5.18. The normalized spacial score (nSPS) is 17.7. The van der Waals surface area contributed by atoms with Gasteiger partial charge in [0.1, 0.15) is 0 Å². The number of methoxy groups -OCH3 is 1. The Morgan fingerprint density at radius 1 is 0.867 bits per heavy atom. The van der Waals surface area contributed by atoms with Gasteiger partial charge in [-0.05, 0) is 54.7 Å². The van der Waals surface area contributed by atoms with Crippen LogP contribution in [0.3, 0.4) is 0 Å². The van der Waals surface area contributed by atoms with Gasteiger partial charge in [-0.1, -0.05) is 94.4 Å². The molecule has 0 aromatic heterocycles. The zero-order valence-corrected chi connectivity index (χ0v) is 19.8. The maximum atomic E-state index is 5.20. The van der Waals surface area contributed by atoms with Crippen molar-refractivity contribution in [3.8, 4) is 0 Å². The molecule has 1 aliphatic rings. The Bertz CT molecular complexity index is 740. The summed E-state index contributed by atoms with van der Waals surface area (Å²) in [4.78, 5) is 0. The fraction of sp³-hybridized carbons (Fsp3) is 0.429. The van der Waals surface area contributed by atoms with Crippen LogP contribution < -0.4 is 5.32 Å². The van der Waals surface area contributed by atoms with Crippen molar-refractivity contribution >= 4 is 5.57 Å². The Morgan fingerprint density at radius 2 is 1.47 bits per heavy atom. The van der Waals surface area contributed by atoms with E-state index in [1.165, 1.54) is 22.3 Å². The van der Waals surface area contributed by atoms with Gasteiger partial charge in [-0.25, -0.2) is 0 Å². The molecule has 2 aromatic rings. The van der Waals surface area contributed by atoms with Crippen molar-refractivity contribution in [3.05, 3.63) is 89.6 Å². The summed E-state index contributed by atoms with van der Waals surface area (Å²) in [5, 5.41) is 3.63. The van der Waals surface area contributed by atoms with Crippen LogP contribution in [0.4, 0.5) is 0 Å². The monoisotopic (exact) mass is 409 g/mol. The van der Waals surface area contributed by atoms with Gasteiger partial charge >= 0.3 is 0 Å². The van der Waals surface area contributed by atoms with Crippen LogP contribution >= 0.6 is 0 Å². The minimum Gasteiger partial charge on any atom is -0.385 e. The molecule has 1 aliphatic heterocycles. The van der Waals surface area contributed by atoms with Crippen LogP contribution in [-0.2, 0) is 4.74 Å². The molecule has 1 N–H and O–H groups in total. The van der Waals surface area contributed by atoms with Crippen LogP contribution in [0.2, 0.25) is 0 Å². The summed E-state index contributed by atoms with van der Waals surface area (Å²) >= 11 is 0. The molecule has 0 saturated carbocycles. The van der Waals surface area contributed by atoms with Crippen LogP contribution in [0.15, 0.2) is 78.5 Å². The van der Waals surface area contributed by atoms with E-state index in [0.717, 1.165) is 25.9 Å². The first-order valence-corrected chi connectivity index (χ1v) is 11.5. The minimum absolute atomic E-state index is 0. The topological polar surface area (TPSA) is 21.3 Å². The van der Waals surface area contributed by atoms with Crippen LogP contribution in [0, 0.1) is 0 Å². The first-order valence-electron chi connectivity index (χ1n) is 11.5. The highest BCUT2D eigenvalue weighted by molar-refractivity contribution is 5.77. The minimum atomic E-state index is 0. The van der Waals surface area contributed by atoms with E-state index < -0.39 is 0 Å². The largest absolute Gasteiger partial charge is 0.385 e. The Labute approximate surface area is 186 Å². The molecular weight excluding hydrogens is 366 g/mol. The van der Waals surface area contributed by atoms with E-state index in [9.17, 15) is 0 Å². The molecule has 2 aromatic carbocycles. The molecular formula is C28H43NO. The summed E-state index contributed by atoms with van der Waals surface area (Å²) in [6.45, 7) is 11.1. The van der Waals surface area contributed by atoms with E-state index in [2.05, 4.69) is 85.2 Å². The van der Waals surface area contributed by atoms with E-state index >= 15 is 0 Å². The first kappa shape index (κ1) is 25.7. The Hall–Kier alpha value is -2.32. The van der Waals surface area contributed by atoms with Gasteiger partial charge in [-0.15, -0.1) is 0 Å². The second-order valence-corrected chi connectivity index (χ2v) is 6.92. The van der Waals surface area contributed by atoms with Crippen molar-refractivity contribution < 1.29 is 6.16 Å². The molecule has 0 amide bonds. The van der Waals surface area contributed by atoms with Crippen molar-refractivity contribution in [1.29, 1.82) is 0 Å². The summed E-state index contributed by atoms with van der Waals surface area (Å²) in [6, 6.07) is 22.0. The number of rotatable bonds is 7. The lowest BCUT2D eigenvalue weighted by Gasteiger charge is -2.24. The molecule has 0 aliphatic carbocycles. The average Bonchev–Trinajstić information content (AvgIpc) is 2.99. The molecule has 0 fully saturated rings. The second-order valence-electron chi connectivity index (χ2n) is 6.92. The molecule has 0 bridgehead atoms. The summed E-state index contributed by atoms with van der Waals surface area (Å²) in [7, 11) is 1.77. The van der Waals surface area contributed by atoms with Crippen LogP contribution in [0.25, 0.3) is 5.57 Å². The average molecular weight is 410 g/mol. The molecule has 1 heterocycles. The van der Waals surface area contributed by atoms with E-state index in [0.29, 0.717) is 6.04 Å². The predicted octanol–water partition coefficient (Wildman–Crippen LogP) is 7.84. The molecule has 2 unspecified atom stereocenters. The number of benzene rings is 2. The van der Waals surface area contributed by atoms with Crippen molar-refractivity contribution in [1.82, 2.24) is 5.32 Å². The molecule has 30 heavy (non-hydrogen) atoms. The fourth-order valence-corrected chi connectivity index (χ4v) is 3.78. The number of ether oxygens (including phenoxy) is 1. The molecule has 2 atom stereocenters. The Balaban J connectivity index is 0.00000170. The standard InChI is InChI=1S/C24H29NO.2C2H6.H2/c1-19-23(15-9-10-18-26-2)25-17-16-22(20-11-5-3-6-12-20)24(19)21-13-7-4-8-14-21;2*1-2;/h3-8,11-14,16-17,22-23,25H,9-10,15,18H2,1-2H3;2*1-2H3;1H. The number of hydrogen-bond donors (Lipinski definition) is 1. The van der Waals surface area contributed by atoms with Crippen molar-refractivity contribution in [3.63, 3.8) is 0 Å². The van der Waals surface area contributed by atoms with Gasteiger partial charge in [0.25, 0.3) is 0 Å². The number of nitrogens with one attached hydrogen (secondary N) is 1. The van der Waals surface area contributed by atoms with Crippen molar-refractivity contribution in [2.24, 2.45) is 0 Å². The quantitative estimate of drug-likeness (QED) is 0.470. The van der Waals surface area contributed by atoms with Crippen LogP contribution in [-0.4, -0.2) is 19.8 Å². The third-order valence-electron chi connectivity index (χ3n) is 5.18. The number of unbranched alkanes of at least 4 members (excludes halogenated alkanes) is 1. The lowest BCUT2D eigenvalue weighted by molar-refractivity contribution is 0.191. The molecule has 0 radical (unpaired) electrons. The maximum absolute atomic E-state index is 5.20. The molecule has 166 valence electrons. The molecule has 3 rings (SSSR count). The third kappa shape index (κ3) is 7.50. The SMILES string of the molecule is CC.CC.COCCCCC1NC=CC(c2ccccc2)C(c2ccccc2)=C1C.[HH]. The summed E-state index contributed by atoms with van der Waals surface area (Å²) in [5.74, 6) is 0.273. The van der Waals surface area contributed by atoms with Crippen molar-refractivity contribution in [2.75, 3.05) is 13.7 Å². The van der Waals surface area contributed by atoms with Crippen molar-refractivity contribution in [2.45, 2.75) is 65.8 Å². The number of allylic oxidation sites excluding steroid dienone is 2. The van der Waals surface area contributed by atoms with E-state index in [1.807, 2.05) is 27.7 Å². The smallest absolute Gasteiger partial charge is 0.0471 e. The molecule has 2 nitrogen and oxygen atoms in total. The van der Waals surface area contributed by atoms with Gasteiger partial charge in [0.15, 0.2) is 0 Å². The van der Waals surface area contributed by atoms with E-state index in [1.54, 1.807) is 7.11 Å². The zero-order valence-electron chi connectivity index (χ0n) is 19.8. The predicted molar refractivity (Wildman–Crippen MR) is 135 cm³/mol. The highest BCUT2D eigenvalue weighted by Gasteiger charge is 2.24. The molecule has 0 saturated heterocycles. The lowest BCUT2D eigenvalue weighted by atomic mass is 9.82. The molecule has 2 heteroatoms. The first-order chi connectivity index (χ1) is 14.8. The van der Waals surface area contributed by atoms with Gasteiger partial charge in [-0.3, -0.25) is 0 Å². The fourth-order valence-electron chi connectivity index (χ4n) is 3.78. The van der Waals surface area contributed by atoms with Crippen LogP contribution in [0.5, 0.6) is 0 Å². The highest BCUT2D eigenvalue weighted by atomic mass is 16.5. The highest BCUT2D eigenvalue weighted by Crippen LogP contribution is 2.38. The van der Waals surface area contributed by atoms with Gasteiger partial charge in [0.05, 0.1) is 0 Å². The van der Waals surface area contributed by atoms with Gasteiger partial charge in [0.2, 0.25) is 0 Å². The summed E-state index contributed by atoms with van der Waals surface area (Å²) in [6.07, 6.45) is 7.84. The van der Waals surface area contributed by atoms with E-state index in [4.69, 9.17) is 4.74 Å². The van der Waals surface area contributed by atoms with Gasteiger partial charge < -0.3 is 10.1 Å². The second kappa shape index (κ2) is 15.5. The van der Waals surface area contributed by atoms with Gasteiger partial charge in [-0.2, -0.15) is 0 Å². The van der Waals surface area contributed by atoms with Crippen LogP contribution in [0.1, 0.15) is 72.4 Å². The summed E-state index contributed by atoms with van der Waals surface area (Å²) < 4.78 is 5.20. The van der Waals surface area contributed by atoms with Gasteiger partial charge in [0, 0.05) is 27.1 Å². The Morgan fingerprint density at radius 3 is 2.07 bits per heavy atom. The Kier molecular flexibility index (Phi) is 13.3. The zero-order chi connectivity index (χ0) is 22.2.